The first-order valence-electron chi connectivity index (χ1n) is 8.71. The Hall–Kier alpha value is -1.69. The van der Waals surface area contributed by atoms with E-state index < -0.39 is 0 Å². The van der Waals surface area contributed by atoms with Crippen LogP contribution < -0.4 is 5.32 Å². The summed E-state index contributed by atoms with van der Waals surface area (Å²) in [6, 6.07) is 8.44. The summed E-state index contributed by atoms with van der Waals surface area (Å²) in [4.78, 5) is 12.5. The Kier molecular flexibility index (Phi) is 4.88. The Morgan fingerprint density at radius 1 is 1.20 bits per heavy atom. The lowest BCUT2D eigenvalue weighted by molar-refractivity contribution is 0.229. The predicted molar refractivity (Wildman–Crippen MR) is 107 cm³/mol. The molecule has 3 aromatic rings. The van der Waals surface area contributed by atoms with Gasteiger partial charge in [0.2, 0.25) is 0 Å². The van der Waals surface area contributed by atoms with E-state index in [1.165, 1.54) is 5.56 Å². The molecule has 1 saturated heterocycles. The van der Waals surface area contributed by atoms with E-state index in [-0.39, 0.29) is 0 Å². The SMILES string of the molecule is CCN1CCC(Nc2ncnc3scc(-c4ccc(Cl)cc4)c23)CC1. The zero-order valence-electron chi connectivity index (χ0n) is 14.2. The average molecular weight is 373 g/mol. The molecule has 2 aromatic heterocycles. The summed E-state index contributed by atoms with van der Waals surface area (Å²) in [5.41, 5.74) is 2.32. The second-order valence-corrected chi connectivity index (χ2v) is 7.71. The average Bonchev–Trinajstić information content (AvgIpc) is 3.08. The topological polar surface area (TPSA) is 41.0 Å². The highest BCUT2D eigenvalue weighted by Gasteiger charge is 2.20. The quantitative estimate of drug-likeness (QED) is 0.706. The minimum absolute atomic E-state index is 0.471. The number of likely N-dealkylation sites (tertiary alicyclic amines) is 1. The zero-order valence-corrected chi connectivity index (χ0v) is 15.8. The molecule has 1 aliphatic heterocycles. The van der Waals surface area contributed by atoms with E-state index in [1.807, 2.05) is 12.1 Å². The van der Waals surface area contributed by atoms with Gasteiger partial charge in [-0.3, -0.25) is 0 Å². The van der Waals surface area contributed by atoms with Gasteiger partial charge in [-0.25, -0.2) is 9.97 Å². The molecule has 0 unspecified atom stereocenters. The summed E-state index contributed by atoms with van der Waals surface area (Å²) < 4.78 is 0. The molecule has 4 rings (SSSR count). The van der Waals surface area contributed by atoms with Crippen LogP contribution in [0.4, 0.5) is 5.82 Å². The van der Waals surface area contributed by atoms with E-state index >= 15 is 0 Å². The molecule has 1 N–H and O–H groups in total. The standard InChI is InChI=1S/C19H21ClN4S/c1-2-24-9-7-15(8-10-24)23-18-17-16(11-25-19(17)22-12-21-18)13-3-5-14(20)6-4-13/h3-6,11-12,15H,2,7-10H2,1H3,(H,21,22,23). The number of nitrogens with one attached hydrogen (secondary N) is 1. The molecule has 1 aliphatic rings. The number of anilines is 1. The molecular weight excluding hydrogens is 352 g/mol. The summed E-state index contributed by atoms with van der Waals surface area (Å²) >= 11 is 7.70. The summed E-state index contributed by atoms with van der Waals surface area (Å²) in [7, 11) is 0. The minimum Gasteiger partial charge on any atom is -0.367 e. The van der Waals surface area contributed by atoms with Crippen LogP contribution in [0.3, 0.4) is 0 Å². The summed E-state index contributed by atoms with van der Waals surface area (Å²) in [6.45, 7) is 5.66. The van der Waals surface area contributed by atoms with Crippen LogP contribution >= 0.6 is 22.9 Å². The molecule has 0 aliphatic carbocycles. The van der Waals surface area contributed by atoms with Crippen molar-refractivity contribution in [1.82, 2.24) is 14.9 Å². The lowest BCUT2D eigenvalue weighted by atomic mass is 10.0. The van der Waals surface area contributed by atoms with Gasteiger partial charge in [-0.2, -0.15) is 0 Å². The van der Waals surface area contributed by atoms with Crippen LogP contribution in [-0.2, 0) is 0 Å². The fourth-order valence-corrected chi connectivity index (χ4v) is 4.46. The third kappa shape index (κ3) is 3.50. The number of halogens is 1. The Labute approximate surface area is 156 Å². The van der Waals surface area contributed by atoms with Gasteiger partial charge in [-0.05, 0) is 37.1 Å². The summed E-state index contributed by atoms with van der Waals surface area (Å²) in [6.07, 6.45) is 3.97. The Bertz CT molecular complexity index is 853. The van der Waals surface area contributed by atoms with Gasteiger partial charge in [0.1, 0.15) is 17.0 Å². The summed E-state index contributed by atoms with van der Waals surface area (Å²) in [5.74, 6) is 0.950. The molecule has 1 aromatic carbocycles. The monoisotopic (exact) mass is 372 g/mol. The van der Waals surface area contributed by atoms with E-state index in [0.717, 1.165) is 59.1 Å². The van der Waals surface area contributed by atoms with Crippen molar-refractivity contribution in [2.24, 2.45) is 0 Å². The van der Waals surface area contributed by atoms with Crippen molar-refractivity contribution in [2.75, 3.05) is 25.0 Å². The number of piperidine rings is 1. The molecule has 0 amide bonds. The lowest BCUT2D eigenvalue weighted by Crippen LogP contribution is -2.39. The van der Waals surface area contributed by atoms with Crippen LogP contribution in [0, 0.1) is 0 Å². The van der Waals surface area contributed by atoms with Crippen molar-refractivity contribution in [3.8, 4) is 11.1 Å². The van der Waals surface area contributed by atoms with Crippen molar-refractivity contribution in [3.05, 3.63) is 41.0 Å². The van der Waals surface area contributed by atoms with Gasteiger partial charge in [0.15, 0.2) is 0 Å². The number of aromatic nitrogens is 2. The van der Waals surface area contributed by atoms with E-state index in [1.54, 1.807) is 17.7 Å². The number of hydrogen-bond acceptors (Lipinski definition) is 5. The van der Waals surface area contributed by atoms with E-state index in [0.29, 0.717) is 6.04 Å². The van der Waals surface area contributed by atoms with Crippen LogP contribution in [-0.4, -0.2) is 40.5 Å². The van der Waals surface area contributed by atoms with Gasteiger partial charge in [0.05, 0.1) is 5.39 Å². The first kappa shape index (κ1) is 16.8. The van der Waals surface area contributed by atoms with Gasteiger partial charge < -0.3 is 10.2 Å². The fourth-order valence-electron chi connectivity index (χ4n) is 3.41. The van der Waals surface area contributed by atoms with Gasteiger partial charge in [-0.15, -0.1) is 11.3 Å². The van der Waals surface area contributed by atoms with Crippen LogP contribution in [0.25, 0.3) is 21.3 Å². The number of rotatable bonds is 4. The van der Waals surface area contributed by atoms with Crippen LogP contribution in [0.2, 0.25) is 5.02 Å². The Balaban J connectivity index is 1.65. The molecule has 4 nitrogen and oxygen atoms in total. The number of hydrogen-bond donors (Lipinski definition) is 1. The molecule has 3 heterocycles. The minimum atomic E-state index is 0.471. The first-order valence-corrected chi connectivity index (χ1v) is 9.97. The third-order valence-corrected chi connectivity index (χ3v) is 6.04. The number of fused-ring (bicyclic) bond motifs is 1. The van der Waals surface area contributed by atoms with E-state index in [2.05, 4.69) is 44.6 Å². The van der Waals surface area contributed by atoms with Crippen molar-refractivity contribution < 1.29 is 0 Å². The molecule has 0 spiro atoms. The number of thiophene rings is 1. The molecule has 130 valence electrons. The van der Waals surface area contributed by atoms with E-state index in [4.69, 9.17) is 11.6 Å². The van der Waals surface area contributed by atoms with Crippen molar-refractivity contribution in [2.45, 2.75) is 25.8 Å². The molecule has 25 heavy (non-hydrogen) atoms. The van der Waals surface area contributed by atoms with Crippen LogP contribution in [0.5, 0.6) is 0 Å². The Morgan fingerprint density at radius 2 is 1.96 bits per heavy atom. The van der Waals surface area contributed by atoms with E-state index in [9.17, 15) is 0 Å². The highest BCUT2D eigenvalue weighted by atomic mass is 35.5. The molecule has 0 radical (unpaired) electrons. The van der Waals surface area contributed by atoms with Crippen molar-refractivity contribution in [3.63, 3.8) is 0 Å². The van der Waals surface area contributed by atoms with Gasteiger partial charge in [-0.1, -0.05) is 30.7 Å². The van der Waals surface area contributed by atoms with Gasteiger partial charge in [0.25, 0.3) is 0 Å². The highest BCUT2D eigenvalue weighted by Crippen LogP contribution is 2.37. The zero-order chi connectivity index (χ0) is 17.2. The Morgan fingerprint density at radius 3 is 2.68 bits per heavy atom. The highest BCUT2D eigenvalue weighted by molar-refractivity contribution is 7.17. The first-order chi connectivity index (χ1) is 12.2. The summed E-state index contributed by atoms with van der Waals surface area (Å²) in [5, 5.41) is 7.71. The molecule has 0 saturated carbocycles. The second kappa shape index (κ2) is 7.28. The molecular formula is C19H21ClN4S. The molecule has 0 atom stereocenters. The van der Waals surface area contributed by atoms with Crippen molar-refractivity contribution in [1.29, 1.82) is 0 Å². The molecule has 0 bridgehead atoms. The van der Waals surface area contributed by atoms with Gasteiger partial charge in [0, 0.05) is 35.1 Å². The maximum atomic E-state index is 6.04. The maximum Gasteiger partial charge on any atom is 0.139 e. The van der Waals surface area contributed by atoms with Crippen molar-refractivity contribution >= 4 is 39.0 Å². The number of nitrogens with zero attached hydrogens (tertiary/aromatic N) is 3. The maximum absolute atomic E-state index is 6.04. The smallest absolute Gasteiger partial charge is 0.139 e. The molecule has 1 fully saturated rings. The normalized spacial score (nSPS) is 16.4. The van der Waals surface area contributed by atoms with Crippen LogP contribution in [0.15, 0.2) is 36.0 Å². The van der Waals surface area contributed by atoms with Gasteiger partial charge >= 0.3 is 0 Å². The second-order valence-electron chi connectivity index (χ2n) is 6.41. The predicted octanol–water partition coefficient (Wildman–Crippen LogP) is 4.91. The lowest BCUT2D eigenvalue weighted by Gasteiger charge is -2.31. The van der Waals surface area contributed by atoms with Crippen LogP contribution in [0.1, 0.15) is 19.8 Å². The fraction of sp³-hybridized carbons (Fsp3) is 0.368. The number of benzene rings is 1. The third-order valence-electron chi connectivity index (χ3n) is 4.90. The molecule has 6 heteroatoms. The largest absolute Gasteiger partial charge is 0.367 e.